The quantitative estimate of drug-likeness (QED) is 0.915. The Labute approximate surface area is 115 Å². The fourth-order valence-corrected chi connectivity index (χ4v) is 2.95. The standard InChI is InChI=1S/C13H16FN3OS/c1-4-9(15-2)12-16-17-13(19-12)11-8(14)6-5-7-10(11)18-3/h5-7,9,15H,4H2,1-3H3. The van der Waals surface area contributed by atoms with Crippen LogP contribution in [0, 0.1) is 5.82 Å². The Morgan fingerprint density at radius 1 is 1.42 bits per heavy atom. The summed E-state index contributed by atoms with van der Waals surface area (Å²) in [5.74, 6) is 0.125. The molecule has 1 aromatic carbocycles. The molecule has 1 aromatic heterocycles. The number of benzene rings is 1. The number of hydrogen-bond acceptors (Lipinski definition) is 5. The fraction of sp³-hybridized carbons (Fsp3) is 0.385. The average molecular weight is 281 g/mol. The van der Waals surface area contributed by atoms with Crippen molar-refractivity contribution in [2.75, 3.05) is 14.2 Å². The number of nitrogens with one attached hydrogen (secondary N) is 1. The highest BCUT2D eigenvalue weighted by atomic mass is 32.1. The summed E-state index contributed by atoms with van der Waals surface area (Å²) in [6, 6.07) is 4.87. The number of aromatic nitrogens is 2. The molecule has 0 radical (unpaired) electrons. The van der Waals surface area contributed by atoms with Gasteiger partial charge in [-0.3, -0.25) is 0 Å². The molecule has 0 aliphatic rings. The van der Waals surface area contributed by atoms with Crippen LogP contribution < -0.4 is 10.1 Å². The molecule has 0 aliphatic heterocycles. The van der Waals surface area contributed by atoms with Crippen LogP contribution in [0.5, 0.6) is 5.75 Å². The topological polar surface area (TPSA) is 47.0 Å². The van der Waals surface area contributed by atoms with Crippen LogP contribution in [0.15, 0.2) is 18.2 Å². The van der Waals surface area contributed by atoms with Gasteiger partial charge in [-0.05, 0) is 25.6 Å². The van der Waals surface area contributed by atoms with E-state index < -0.39 is 0 Å². The van der Waals surface area contributed by atoms with Crippen molar-refractivity contribution < 1.29 is 9.13 Å². The molecule has 6 heteroatoms. The summed E-state index contributed by atoms with van der Waals surface area (Å²) in [4.78, 5) is 0. The van der Waals surface area contributed by atoms with E-state index in [2.05, 4.69) is 22.4 Å². The van der Waals surface area contributed by atoms with Gasteiger partial charge < -0.3 is 10.1 Å². The van der Waals surface area contributed by atoms with Crippen LogP contribution in [0.25, 0.3) is 10.6 Å². The Morgan fingerprint density at radius 2 is 2.21 bits per heavy atom. The van der Waals surface area contributed by atoms with Crippen molar-refractivity contribution in [3.05, 3.63) is 29.0 Å². The summed E-state index contributed by atoms with van der Waals surface area (Å²) in [6.45, 7) is 2.06. The molecule has 19 heavy (non-hydrogen) atoms. The maximum atomic E-state index is 13.9. The lowest BCUT2D eigenvalue weighted by Gasteiger charge is -2.08. The van der Waals surface area contributed by atoms with Crippen molar-refractivity contribution in [1.29, 1.82) is 0 Å². The first kappa shape index (κ1) is 13.9. The van der Waals surface area contributed by atoms with E-state index in [1.54, 1.807) is 12.1 Å². The number of ether oxygens (including phenoxy) is 1. The molecule has 102 valence electrons. The van der Waals surface area contributed by atoms with Crippen molar-refractivity contribution >= 4 is 11.3 Å². The summed E-state index contributed by atoms with van der Waals surface area (Å²) in [7, 11) is 3.39. The maximum Gasteiger partial charge on any atom is 0.154 e. The summed E-state index contributed by atoms with van der Waals surface area (Å²) >= 11 is 1.38. The van der Waals surface area contributed by atoms with E-state index in [0.29, 0.717) is 16.3 Å². The Morgan fingerprint density at radius 3 is 2.84 bits per heavy atom. The van der Waals surface area contributed by atoms with Crippen LogP contribution in [0.1, 0.15) is 24.4 Å². The van der Waals surface area contributed by atoms with E-state index in [4.69, 9.17) is 4.74 Å². The van der Waals surface area contributed by atoms with E-state index in [1.807, 2.05) is 7.05 Å². The zero-order valence-corrected chi connectivity index (χ0v) is 11.9. The van der Waals surface area contributed by atoms with Crippen LogP contribution in [-0.2, 0) is 0 Å². The van der Waals surface area contributed by atoms with Gasteiger partial charge in [-0.2, -0.15) is 0 Å². The van der Waals surface area contributed by atoms with Gasteiger partial charge in [0.15, 0.2) is 5.01 Å². The number of methoxy groups -OCH3 is 1. The molecule has 0 saturated carbocycles. The first-order valence-electron chi connectivity index (χ1n) is 6.04. The van der Waals surface area contributed by atoms with Crippen LogP contribution in [0.2, 0.25) is 0 Å². The second-order valence-electron chi connectivity index (χ2n) is 4.01. The molecular weight excluding hydrogens is 265 g/mol. The van der Waals surface area contributed by atoms with E-state index in [1.165, 1.54) is 24.5 Å². The van der Waals surface area contributed by atoms with Gasteiger partial charge in [-0.15, -0.1) is 10.2 Å². The van der Waals surface area contributed by atoms with Crippen LogP contribution in [-0.4, -0.2) is 24.4 Å². The van der Waals surface area contributed by atoms with E-state index in [-0.39, 0.29) is 11.9 Å². The Kier molecular flexibility index (Phi) is 4.44. The summed E-state index contributed by atoms with van der Waals surface area (Å²) in [5.41, 5.74) is 0.375. The van der Waals surface area contributed by atoms with Crippen molar-refractivity contribution in [3.63, 3.8) is 0 Å². The lowest BCUT2D eigenvalue weighted by Crippen LogP contribution is -2.14. The minimum absolute atomic E-state index is 0.143. The molecule has 1 unspecified atom stereocenters. The molecule has 0 saturated heterocycles. The highest BCUT2D eigenvalue weighted by Crippen LogP contribution is 2.35. The van der Waals surface area contributed by atoms with Crippen molar-refractivity contribution in [3.8, 4) is 16.3 Å². The van der Waals surface area contributed by atoms with Crippen molar-refractivity contribution in [2.24, 2.45) is 0 Å². The zero-order valence-electron chi connectivity index (χ0n) is 11.1. The Bertz CT molecular complexity index is 555. The van der Waals surface area contributed by atoms with E-state index in [0.717, 1.165) is 11.4 Å². The fourth-order valence-electron chi connectivity index (χ4n) is 1.86. The summed E-state index contributed by atoms with van der Waals surface area (Å²) < 4.78 is 19.1. The third-order valence-corrected chi connectivity index (χ3v) is 3.96. The molecule has 1 atom stereocenters. The molecular formula is C13H16FN3OS. The SMILES string of the molecule is CCC(NC)c1nnc(-c2c(F)cccc2OC)s1. The average Bonchev–Trinajstić information content (AvgIpc) is 2.89. The second-order valence-corrected chi connectivity index (χ2v) is 5.02. The molecule has 0 amide bonds. The largest absolute Gasteiger partial charge is 0.496 e. The lowest BCUT2D eigenvalue weighted by molar-refractivity contribution is 0.413. The molecule has 4 nitrogen and oxygen atoms in total. The number of hydrogen-bond donors (Lipinski definition) is 1. The summed E-state index contributed by atoms with van der Waals surface area (Å²) in [5, 5.41) is 12.8. The minimum Gasteiger partial charge on any atom is -0.496 e. The molecule has 0 spiro atoms. The van der Waals surface area contributed by atoms with Gasteiger partial charge in [0.05, 0.1) is 18.7 Å². The molecule has 1 N–H and O–H groups in total. The molecule has 0 fully saturated rings. The maximum absolute atomic E-state index is 13.9. The van der Waals surface area contributed by atoms with Gasteiger partial charge in [0.1, 0.15) is 16.6 Å². The predicted octanol–water partition coefficient (Wildman–Crippen LogP) is 3.02. The molecule has 2 aromatic rings. The Hall–Kier alpha value is -1.53. The molecule has 0 bridgehead atoms. The second kappa shape index (κ2) is 6.08. The smallest absolute Gasteiger partial charge is 0.154 e. The number of rotatable bonds is 5. The van der Waals surface area contributed by atoms with Gasteiger partial charge in [0.25, 0.3) is 0 Å². The van der Waals surface area contributed by atoms with E-state index >= 15 is 0 Å². The van der Waals surface area contributed by atoms with Gasteiger partial charge in [0.2, 0.25) is 0 Å². The number of halogens is 1. The Balaban J connectivity index is 2.43. The monoisotopic (exact) mass is 281 g/mol. The van der Waals surface area contributed by atoms with Crippen LogP contribution in [0.3, 0.4) is 0 Å². The third-order valence-electron chi connectivity index (χ3n) is 2.90. The van der Waals surface area contributed by atoms with Crippen molar-refractivity contribution in [1.82, 2.24) is 15.5 Å². The molecule has 1 heterocycles. The highest BCUT2D eigenvalue weighted by Gasteiger charge is 2.19. The first-order valence-corrected chi connectivity index (χ1v) is 6.86. The normalized spacial score (nSPS) is 12.4. The lowest BCUT2D eigenvalue weighted by atomic mass is 10.2. The van der Waals surface area contributed by atoms with Crippen LogP contribution in [0.4, 0.5) is 4.39 Å². The molecule has 0 aliphatic carbocycles. The number of nitrogens with zero attached hydrogens (tertiary/aromatic N) is 2. The summed E-state index contributed by atoms with van der Waals surface area (Å²) in [6.07, 6.45) is 0.902. The van der Waals surface area contributed by atoms with Gasteiger partial charge in [0, 0.05) is 0 Å². The molecule has 2 rings (SSSR count). The van der Waals surface area contributed by atoms with Crippen molar-refractivity contribution in [2.45, 2.75) is 19.4 Å². The predicted molar refractivity (Wildman–Crippen MR) is 73.9 cm³/mol. The van der Waals surface area contributed by atoms with Gasteiger partial charge in [-0.25, -0.2) is 4.39 Å². The minimum atomic E-state index is -0.348. The van der Waals surface area contributed by atoms with E-state index in [9.17, 15) is 4.39 Å². The zero-order chi connectivity index (χ0) is 13.8. The van der Waals surface area contributed by atoms with Crippen LogP contribution >= 0.6 is 11.3 Å². The highest BCUT2D eigenvalue weighted by molar-refractivity contribution is 7.14. The van der Waals surface area contributed by atoms with Gasteiger partial charge in [-0.1, -0.05) is 24.3 Å². The third kappa shape index (κ3) is 2.74. The van der Waals surface area contributed by atoms with Gasteiger partial charge >= 0.3 is 0 Å². The first-order chi connectivity index (χ1) is 9.21.